The van der Waals surface area contributed by atoms with E-state index in [4.69, 9.17) is 9.88 Å². The van der Waals surface area contributed by atoms with Crippen molar-refractivity contribution < 1.29 is 13.2 Å². The van der Waals surface area contributed by atoms with E-state index in [0.717, 1.165) is 33.8 Å². The Hall–Kier alpha value is -2.64. The Morgan fingerprint density at radius 3 is 2.12 bits per heavy atom. The van der Waals surface area contributed by atoms with Crippen LogP contribution >= 0.6 is 0 Å². The van der Waals surface area contributed by atoms with Crippen molar-refractivity contribution in [2.24, 2.45) is 5.14 Å². The minimum absolute atomic E-state index is 0.0818. The van der Waals surface area contributed by atoms with Crippen LogP contribution in [0, 0.1) is 6.92 Å². The number of methoxy groups -OCH3 is 1. The number of benzene rings is 2. The number of aryl methyl sites for hydroxylation is 1. The van der Waals surface area contributed by atoms with Crippen LogP contribution in [0.3, 0.4) is 0 Å². The van der Waals surface area contributed by atoms with Gasteiger partial charge < -0.3 is 4.74 Å². The minimum atomic E-state index is -3.71. The molecule has 1 heterocycles. The standard InChI is InChI=1S/C17H17N3O3S/c1-11-16(12-5-9-15(10-6-12)24(18,21)22)17(20-19-11)13-3-7-14(23-2)8-4-13/h3-10H,1-2H3,(H,19,20)(H2,18,21,22). The van der Waals surface area contributed by atoms with E-state index in [9.17, 15) is 8.42 Å². The normalized spacial score (nSPS) is 11.5. The number of aromatic amines is 1. The molecule has 0 unspecified atom stereocenters. The van der Waals surface area contributed by atoms with Gasteiger partial charge >= 0.3 is 0 Å². The maximum absolute atomic E-state index is 11.4. The Bertz CT molecular complexity index is 959. The lowest BCUT2D eigenvalue weighted by atomic mass is 9.99. The first-order valence-corrected chi connectivity index (χ1v) is 8.77. The number of H-pyrrole nitrogens is 1. The van der Waals surface area contributed by atoms with Crippen LogP contribution in [-0.4, -0.2) is 25.7 Å². The molecule has 7 heteroatoms. The van der Waals surface area contributed by atoms with Gasteiger partial charge in [0, 0.05) is 16.8 Å². The third-order valence-electron chi connectivity index (χ3n) is 3.78. The molecule has 0 saturated carbocycles. The van der Waals surface area contributed by atoms with Crippen molar-refractivity contribution in [2.75, 3.05) is 7.11 Å². The fourth-order valence-electron chi connectivity index (χ4n) is 2.55. The second-order valence-corrected chi connectivity index (χ2v) is 6.93. The summed E-state index contributed by atoms with van der Waals surface area (Å²) in [4.78, 5) is 0.0818. The topological polar surface area (TPSA) is 98.1 Å². The summed E-state index contributed by atoms with van der Waals surface area (Å²) in [7, 11) is -2.09. The Balaban J connectivity index is 2.07. The molecule has 0 fully saturated rings. The van der Waals surface area contributed by atoms with E-state index in [1.807, 2.05) is 31.2 Å². The van der Waals surface area contributed by atoms with Crippen LogP contribution in [0.2, 0.25) is 0 Å². The van der Waals surface area contributed by atoms with Gasteiger partial charge in [-0.3, -0.25) is 5.10 Å². The van der Waals surface area contributed by atoms with Crippen molar-refractivity contribution in [2.45, 2.75) is 11.8 Å². The quantitative estimate of drug-likeness (QED) is 0.761. The molecular formula is C17H17N3O3S. The largest absolute Gasteiger partial charge is 0.497 e. The summed E-state index contributed by atoms with van der Waals surface area (Å²) in [5.41, 5.74) is 4.40. The average molecular weight is 343 g/mol. The number of ether oxygens (including phenoxy) is 1. The lowest BCUT2D eigenvalue weighted by Crippen LogP contribution is -2.11. The number of nitrogens with two attached hydrogens (primary N) is 1. The molecule has 0 amide bonds. The fourth-order valence-corrected chi connectivity index (χ4v) is 3.07. The monoisotopic (exact) mass is 343 g/mol. The van der Waals surface area contributed by atoms with Gasteiger partial charge in [-0.25, -0.2) is 13.6 Å². The lowest BCUT2D eigenvalue weighted by Gasteiger charge is -2.07. The number of rotatable bonds is 4. The van der Waals surface area contributed by atoms with Crippen LogP contribution in [0.1, 0.15) is 5.69 Å². The highest BCUT2D eigenvalue weighted by Gasteiger charge is 2.15. The zero-order valence-corrected chi connectivity index (χ0v) is 14.1. The van der Waals surface area contributed by atoms with Crippen molar-refractivity contribution in [3.8, 4) is 28.1 Å². The van der Waals surface area contributed by atoms with Gasteiger partial charge in [0.1, 0.15) is 11.4 Å². The highest BCUT2D eigenvalue weighted by Crippen LogP contribution is 2.33. The van der Waals surface area contributed by atoms with Crippen molar-refractivity contribution in [1.82, 2.24) is 10.2 Å². The third kappa shape index (κ3) is 3.04. The van der Waals surface area contributed by atoms with Crippen LogP contribution in [0.25, 0.3) is 22.4 Å². The van der Waals surface area contributed by atoms with Gasteiger partial charge in [0.05, 0.1) is 12.0 Å². The Morgan fingerprint density at radius 2 is 1.58 bits per heavy atom. The number of hydrogen-bond acceptors (Lipinski definition) is 4. The van der Waals surface area contributed by atoms with Crippen LogP contribution in [0.4, 0.5) is 0 Å². The van der Waals surface area contributed by atoms with E-state index in [2.05, 4.69) is 10.2 Å². The number of nitrogens with one attached hydrogen (secondary N) is 1. The maximum atomic E-state index is 11.4. The molecule has 0 saturated heterocycles. The Kier molecular flexibility index (Phi) is 4.13. The van der Waals surface area contributed by atoms with Crippen LogP contribution in [0.5, 0.6) is 5.75 Å². The Labute approximate surface area is 140 Å². The number of aromatic nitrogens is 2. The van der Waals surface area contributed by atoms with Gasteiger partial charge in [-0.05, 0) is 48.9 Å². The minimum Gasteiger partial charge on any atom is -0.497 e. The zero-order valence-electron chi connectivity index (χ0n) is 13.3. The molecule has 3 aromatic rings. The lowest BCUT2D eigenvalue weighted by molar-refractivity contribution is 0.415. The van der Waals surface area contributed by atoms with Crippen molar-refractivity contribution in [3.63, 3.8) is 0 Å². The summed E-state index contributed by atoms with van der Waals surface area (Å²) in [6.45, 7) is 1.92. The smallest absolute Gasteiger partial charge is 0.238 e. The molecule has 124 valence electrons. The SMILES string of the molecule is COc1ccc(-c2n[nH]c(C)c2-c2ccc(S(N)(=O)=O)cc2)cc1. The van der Waals surface area contributed by atoms with Crippen LogP contribution in [-0.2, 0) is 10.0 Å². The molecule has 0 spiro atoms. The number of primary sulfonamides is 1. The molecule has 0 bridgehead atoms. The van der Waals surface area contributed by atoms with Crippen LogP contribution < -0.4 is 9.88 Å². The molecule has 1 aromatic heterocycles. The first-order chi connectivity index (χ1) is 11.4. The molecule has 24 heavy (non-hydrogen) atoms. The van der Waals surface area contributed by atoms with Crippen molar-refractivity contribution >= 4 is 10.0 Å². The fraction of sp³-hybridized carbons (Fsp3) is 0.118. The van der Waals surface area contributed by atoms with E-state index in [1.54, 1.807) is 19.2 Å². The number of sulfonamides is 1. The van der Waals surface area contributed by atoms with E-state index in [0.29, 0.717) is 0 Å². The Morgan fingerprint density at radius 1 is 1.00 bits per heavy atom. The first kappa shape index (κ1) is 16.2. The zero-order chi connectivity index (χ0) is 17.3. The summed E-state index contributed by atoms with van der Waals surface area (Å²) < 4.78 is 28.0. The first-order valence-electron chi connectivity index (χ1n) is 7.23. The summed E-state index contributed by atoms with van der Waals surface area (Å²) in [6, 6.07) is 14.0. The maximum Gasteiger partial charge on any atom is 0.238 e. The molecule has 0 aliphatic rings. The van der Waals surface area contributed by atoms with Gasteiger partial charge in [0.25, 0.3) is 0 Å². The average Bonchev–Trinajstić information content (AvgIpc) is 2.96. The molecule has 6 nitrogen and oxygen atoms in total. The highest BCUT2D eigenvalue weighted by molar-refractivity contribution is 7.89. The van der Waals surface area contributed by atoms with Gasteiger partial charge in [-0.1, -0.05) is 12.1 Å². The molecule has 0 atom stereocenters. The summed E-state index contributed by atoms with van der Waals surface area (Å²) in [6.07, 6.45) is 0. The molecule has 3 rings (SSSR count). The summed E-state index contributed by atoms with van der Waals surface area (Å²) in [5.74, 6) is 0.769. The van der Waals surface area contributed by atoms with Gasteiger partial charge in [-0.15, -0.1) is 0 Å². The predicted molar refractivity (Wildman–Crippen MR) is 92.1 cm³/mol. The van der Waals surface area contributed by atoms with E-state index in [1.165, 1.54) is 12.1 Å². The second-order valence-electron chi connectivity index (χ2n) is 5.37. The molecule has 0 radical (unpaired) electrons. The predicted octanol–water partition coefficient (Wildman–Crippen LogP) is 2.71. The highest BCUT2D eigenvalue weighted by atomic mass is 32.2. The van der Waals surface area contributed by atoms with E-state index in [-0.39, 0.29) is 4.90 Å². The van der Waals surface area contributed by atoms with Gasteiger partial charge in [0.2, 0.25) is 10.0 Å². The van der Waals surface area contributed by atoms with Crippen LogP contribution in [0.15, 0.2) is 53.4 Å². The molecule has 0 aliphatic carbocycles. The summed E-state index contributed by atoms with van der Waals surface area (Å²) >= 11 is 0. The van der Waals surface area contributed by atoms with E-state index >= 15 is 0 Å². The van der Waals surface area contributed by atoms with Gasteiger partial charge in [0.15, 0.2) is 0 Å². The summed E-state index contributed by atoms with van der Waals surface area (Å²) in [5, 5.41) is 12.5. The second kappa shape index (κ2) is 6.10. The van der Waals surface area contributed by atoms with Crippen molar-refractivity contribution in [1.29, 1.82) is 0 Å². The van der Waals surface area contributed by atoms with E-state index < -0.39 is 10.0 Å². The van der Waals surface area contributed by atoms with Crippen molar-refractivity contribution in [3.05, 3.63) is 54.2 Å². The number of nitrogens with zero attached hydrogens (tertiary/aromatic N) is 1. The number of hydrogen-bond donors (Lipinski definition) is 2. The molecular weight excluding hydrogens is 326 g/mol. The van der Waals surface area contributed by atoms with Gasteiger partial charge in [-0.2, -0.15) is 5.10 Å². The third-order valence-corrected chi connectivity index (χ3v) is 4.71. The molecule has 2 aromatic carbocycles. The molecule has 0 aliphatic heterocycles. The molecule has 3 N–H and O–H groups in total.